The van der Waals surface area contributed by atoms with Gasteiger partial charge in [-0.1, -0.05) is 18.2 Å². The van der Waals surface area contributed by atoms with E-state index in [1.807, 2.05) is 42.3 Å². The van der Waals surface area contributed by atoms with E-state index < -0.39 is 0 Å². The first-order chi connectivity index (χ1) is 7.27. The lowest BCUT2D eigenvalue weighted by atomic mass is 10.3. The van der Waals surface area contributed by atoms with Crippen LogP contribution in [0.25, 0.3) is 0 Å². The Balaban J connectivity index is 2.32. The molecule has 0 spiro atoms. The highest BCUT2D eigenvalue weighted by Crippen LogP contribution is 2.20. The van der Waals surface area contributed by atoms with E-state index in [-0.39, 0.29) is 0 Å². The molecule has 4 nitrogen and oxygen atoms in total. The number of benzene rings is 1. The lowest BCUT2D eigenvalue weighted by Gasteiger charge is -2.17. The lowest BCUT2D eigenvalue weighted by Crippen LogP contribution is -2.12. The maximum atomic E-state index is 5.57. The molecule has 15 heavy (non-hydrogen) atoms. The number of hydrogen-bond acceptors (Lipinski definition) is 4. The second-order valence-electron chi connectivity index (χ2n) is 3.20. The van der Waals surface area contributed by atoms with Gasteiger partial charge in [0.25, 0.3) is 0 Å². The topological polar surface area (TPSA) is 55.0 Å². The SMILES string of the molecule is CN(c1ccccc1)c1cncc(N)n1. The molecule has 1 aromatic carbocycles. The van der Waals surface area contributed by atoms with Gasteiger partial charge in [-0.3, -0.25) is 4.98 Å². The number of aromatic nitrogens is 2. The van der Waals surface area contributed by atoms with Gasteiger partial charge in [0.05, 0.1) is 12.4 Å². The Kier molecular flexibility index (Phi) is 2.49. The minimum atomic E-state index is 0.426. The minimum absolute atomic E-state index is 0.426. The summed E-state index contributed by atoms with van der Waals surface area (Å²) in [5.74, 6) is 1.16. The van der Waals surface area contributed by atoms with Crippen LogP contribution in [0.1, 0.15) is 0 Å². The molecule has 0 saturated heterocycles. The normalized spacial score (nSPS) is 9.93. The number of hydrogen-bond donors (Lipinski definition) is 1. The van der Waals surface area contributed by atoms with Crippen molar-refractivity contribution in [2.24, 2.45) is 0 Å². The molecule has 2 rings (SSSR count). The van der Waals surface area contributed by atoms with Gasteiger partial charge in [-0.25, -0.2) is 4.98 Å². The van der Waals surface area contributed by atoms with Gasteiger partial charge in [0, 0.05) is 12.7 Å². The zero-order valence-electron chi connectivity index (χ0n) is 8.46. The van der Waals surface area contributed by atoms with Crippen LogP contribution in [0.3, 0.4) is 0 Å². The summed E-state index contributed by atoms with van der Waals surface area (Å²) in [5, 5.41) is 0. The zero-order chi connectivity index (χ0) is 10.7. The van der Waals surface area contributed by atoms with Crippen molar-refractivity contribution >= 4 is 17.3 Å². The van der Waals surface area contributed by atoms with E-state index in [4.69, 9.17) is 5.73 Å². The van der Waals surface area contributed by atoms with Gasteiger partial charge in [-0.05, 0) is 12.1 Å². The van der Waals surface area contributed by atoms with E-state index >= 15 is 0 Å². The Labute approximate surface area is 88.4 Å². The Bertz CT molecular complexity index is 441. The zero-order valence-corrected chi connectivity index (χ0v) is 8.46. The largest absolute Gasteiger partial charge is 0.382 e. The molecular weight excluding hydrogens is 188 g/mol. The monoisotopic (exact) mass is 200 g/mol. The second kappa shape index (κ2) is 3.96. The highest BCUT2D eigenvalue weighted by molar-refractivity contribution is 5.58. The average Bonchev–Trinajstić information content (AvgIpc) is 2.29. The fourth-order valence-electron chi connectivity index (χ4n) is 1.32. The molecule has 1 aromatic heterocycles. The molecule has 0 aliphatic carbocycles. The molecule has 0 radical (unpaired) electrons. The van der Waals surface area contributed by atoms with E-state index in [9.17, 15) is 0 Å². The molecule has 0 fully saturated rings. The first-order valence-corrected chi connectivity index (χ1v) is 4.63. The number of para-hydroxylation sites is 1. The van der Waals surface area contributed by atoms with Crippen LogP contribution in [0.5, 0.6) is 0 Å². The summed E-state index contributed by atoms with van der Waals surface area (Å²) in [4.78, 5) is 10.1. The van der Waals surface area contributed by atoms with E-state index in [2.05, 4.69) is 9.97 Å². The second-order valence-corrected chi connectivity index (χ2v) is 3.20. The van der Waals surface area contributed by atoms with Crippen molar-refractivity contribution in [1.29, 1.82) is 0 Å². The van der Waals surface area contributed by atoms with Gasteiger partial charge in [-0.2, -0.15) is 0 Å². The van der Waals surface area contributed by atoms with Gasteiger partial charge in [-0.15, -0.1) is 0 Å². The Morgan fingerprint density at radius 1 is 1.13 bits per heavy atom. The van der Waals surface area contributed by atoms with Crippen molar-refractivity contribution in [3.8, 4) is 0 Å². The molecule has 0 unspecified atom stereocenters. The summed E-state index contributed by atoms with van der Waals surface area (Å²) in [6.45, 7) is 0. The van der Waals surface area contributed by atoms with Crippen LogP contribution in [0.2, 0.25) is 0 Å². The summed E-state index contributed by atoms with van der Waals surface area (Å²) in [7, 11) is 1.93. The van der Waals surface area contributed by atoms with Crippen molar-refractivity contribution in [2.45, 2.75) is 0 Å². The van der Waals surface area contributed by atoms with Crippen LogP contribution in [0.4, 0.5) is 17.3 Å². The molecule has 0 saturated carbocycles. The third-order valence-corrected chi connectivity index (χ3v) is 2.13. The summed E-state index contributed by atoms with van der Waals surface area (Å²) >= 11 is 0. The van der Waals surface area contributed by atoms with Crippen LogP contribution in [-0.2, 0) is 0 Å². The molecule has 2 N–H and O–H groups in total. The maximum Gasteiger partial charge on any atom is 0.153 e. The highest BCUT2D eigenvalue weighted by Gasteiger charge is 2.04. The molecule has 0 aliphatic heterocycles. The molecule has 1 heterocycles. The van der Waals surface area contributed by atoms with Gasteiger partial charge in [0.1, 0.15) is 5.82 Å². The van der Waals surface area contributed by atoms with Crippen molar-refractivity contribution in [3.63, 3.8) is 0 Å². The number of nitrogens with two attached hydrogens (primary N) is 1. The molecular formula is C11H12N4. The van der Waals surface area contributed by atoms with Crippen molar-refractivity contribution < 1.29 is 0 Å². The number of rotatable bonds is 2. The van der Waals surface area contributed by atoms with Gasteiger partial charge < -0.3 is 10.6 Å². The third-order valence-electron chi connectivity index (χ3n) is 2.13. The van der Waals surface area contributed by atoms with Crippen molar-refractivity contribution in [3.05, 3.63) is 42.7 Å². The Morgan fingerprint density at radius 2 is 1.87 bits per heavy atom. The molecule has 0 aliphatic rings. The summed E-state index contributed by atoms with van der Waals surface area (Å²) in [5.41, 5.74) is 6.63. The lowest BCUT2D eigenvalue weighted by molar-refractivity contribution is 1.09. The van der Waals surface area contributed by atoms with E-state index in [1.165, 1.54) is 6.20 Å². The minimum Gasteiger partial charge on any atom is -0.382 e. The maximum absolute atomic E-state index is 5.57. The molecule has 4 heteroatoms. The molecule has 76 valence electrons. The summed E-state index contributed by atoms with van der Waals surface area (Å²) in [6, 6.07) is 9.94. The van der Waals surface area contributed by atoms with Gasteiger partial charge in [0.15, 0.2) is 5.82 Å². The van der Waals surface area contributed by atoms with Crippen LogP contribution in [0.15, 0.2) is 42.7 Å². The standard InChI is InChI=1S/C11H12N4/c1-15(9-5-3-2-4-6-9)11-8-13-7-10(12)14-11/h2-8H,1H3,(H2,12,14). The molecule has 2 aromatic rings. The Hall–Kier alpha value is -2.10. The number of nitrogen functional groups attached to an aromatic ring is 1. The van der Waals surface area contributed by atoms with E-state index in [1.54, 1.807) is 6.20 Å². The number of nitrogens with zero attached hydrogens (tertiary/aromatic N) is 3. The van der Waals surface area contributed by atoms with E-state index in [0.29, 0.717) is 5.82 Å². The smallest absolute Gasteiger partial charge is 0.153 e. The highest BCUT2D eigenvalue weighted by atomic mass is 15.2. The van der Waals surface area contributed by atoms with Crippen LogP contribution in [-0.4, -0.2) is 17.0 Å². The molecule has 0 atom stereocenters. The molecule has 0 bridgehead atoms. The Morgan fingerprint density at radius 3 is 2.53 bits per heavy atom. The first kappa shape index (κ1) is 9.45. The fourth-order valence-corrected chi connectivity index (χ4v) is 1.32. The van der Waals surface area contributed by atoms with Gasteiger partial charge in [0.2, 0.25) is 0 Å². The summed E-state index contributed by atoms with van der Waals surface area (Å²) in [6.07, 6.45) is 3.21. The van der Waals surface area contributed by atoms with E-state index in [0.717, 1.165) is 11.5 Å². The van der Waals surface area contributed by atoms with Crippen molar-refractivity contribution in [1.82, 2.24) is 9.97 Å². The first-order valence-electron chi connectivity index (χ1n) is 4.63. The predicted molar refractivity (Wildman–Crippen MR) is 60.9 cm³/mol. The fraction of sp³-hybridized carbons (Fsp3) is 0.0909. The van der Waals surface area contributed by atoms with Crippen LogP contribution >= 0.6 is 0 Å². The third kappa shape index (κ3) is 2.04. The number of anilines is 3. The summed E-state index contributed by atoms with van der Waals surface area (Å²) < 4.78 is 0. The van der Waals surface area contributed by atoms with Crippen LogP contribution in [0, 0.1) is 0 Å². The van der Waals surface area contributed by atoms with Gasteiger partial charge >= 0.3 is 0 Å². The molecule has 0 amide bonds. The predicted octanol–water partition coefficient (Wildman–Crippen LogP) is 1.83. The quantitative estimate of drug-likeness (QED) is 0.803. The van der Waals surface area contributed by atoms with Crippen molar-refractivity contribution in [2.75, 3.05) is 17.7 Å². The van der Waals surface area contributed by atoms with Crippen LogP contribution < -0.4 is 10.6 Å². The average molecular weight is 200 g/mol.